The largest absolute Gasteiger partial charge is 0.508 e. The first-order chi connectivity index (χ1) is 10.5. The Morgan fingerprint density at radius 1 is 0.870 bits per heavy atom. The van der Waals surface area contributed by atoms with Crippen molar-refractivity contribution in [2.75, 3.05) is 0 Å². The van der Waals surface area contributed by atoms with Crippen LogP contribution in [0.15, 0.2) is 12.1 Å². The number of alkyl halides is 1. The van der Waals surface area contributed by atoms with Gasteiger partial charge in [0.1, 0.15) is 11.5 Å². The minimum absolute atomic E-state index is 0.228. The Morgan fingerprint density at radius 2 is 1.35 bits per heavy atom. The molecule has 1 aromatic carbocycles. The van der Waals surface area contributed by atoms with Crippen molar-refractivity contribution in [1.29, 1.82) is 0 Å². The van der Waals surface area contributed by atoms with Crippen LogP contribution < -0.4 is 0 Å². The van der Waals surface area contributed by atoms with E-state index in [1.165, 1.54) is 12.5 Å². The maximum atomic E-state index is 10.1. The molecule has 0 saturated heterocycles. The molecule has 0 aliphatic heterocycles. The molecule has 1 rings (SSSR count). The highest BCUT2D eigenvalue weighted by Crippen LogP contribution is 2.33. The molecule has 0 radical (unpaired) electrons. The fraction of sp³-hybridized carbons (Fsp3) is 0.700. The smallest absolute Gasteiger partial charge is 0.122 e. The molecule has 3 heteroatoms. The van der Waals surface area contributed by atoms with E-state index in [9.17, 15) is 10.2 Å². The van der Waals surface area contributed by atoms with Gasteiger partial charge >= 0.3 is 0 Å². The average Bonchev–Trinajstić information content (AvgIpc) is 2.41. The molecule has 1 aromatic rings. The van der Waals surface area contributed by atoms with Crippen molar-refractivity contribution in [3.05, 3.63) is 23.3 Å². The second kappa shape index (κ2) is 8.59. The number of hydrogen-bond donors (Lipinski definition) is 2. The van der Waals surface area contributed by atoms with Gasteiger partial charge in [0.2, 0.25) is 0 Å². The van der Waals surface area contributed by atoms with Crippen LogP contribution in [0.4, 0.5) is 0 Å². The maximum absolute atomic E-state index is 10.1. The van der Waals surface area contributed by atoms with E-state index in [1.54, 1.807) is 0 Å². The van der Waals surface area contributed by atoms with Crippen molar-refractivity contribution in [3.8, 4) is 11.5 Å². The normalized spacial score (nSPS) is 12.6. The quantitative estimate of drug-likeness (QED) is 0.351. The summed E-state index contributed by atoms with van der Waals surface area (Å²) in [5.41, 5.74) is 2.30. The Kier molecular flexibility index (Phi) is 7.69. The molecule has 0 atom stereocenters. The van der Waals surface area contributed by atoms with Crippen molar-refractivity contribution >= 4 is 22.6 Å². The van der Waals surface area contributed by atoms with Crippen LogP contribution in [0.2, 0.25) is 0 Å². The van der Waals surface area contributed by atoms with E-state index in [-0.39, 0.29) is 11.5 Å². The van der Waals surface area contributed by atoms with Gasteiger partial charge in [0, 0.05) is 9.49 Å². The van der Waals surface area contributed by atoms with Gasteiger partial charge in [0.25, 0.3) is 0 Å². The monoisotopic (exact) mass is 432 g/mol. The van der Waals surface area contributed by atoms with Crippen molar-refractivity contribution in [2.45, 2.75) is 83.0 Å². The summed E-state index contributed by atoms with van der Waals surface area (Å²) in [6, 6.07) is 3.52. The molecule has 0 spiro atoms. The molecule has 132 valence electrons. The fourth-order valence-electron chi connectivity index (χ4n) is 2.71. The number of aryl methyl sites for hydroxylation is 2. The lowest BCUT2D eigenvalue weighted by atomic mass is 9.84. The summed E-state index contributed by atoms with van der Waals surface area (Å²) in [5.74, 6) is 0.459. The van der Waals surface area contributed by atoms with Crippen molar-refractivity contribution < 1.29 is 10.2 Å². The zero-order chi connectivity index (χ0) is 17.7. The summed E-state index contributed by atoms with van der Waals surface area (Å²) in [7, 11) is 0. The third-order valence-electron chi connectivity index (χ3n) is 4.75. The SMILES string of the molecule is CCC(C)(C)CCCc1cc(CCCC(C)(C)I)c(O)cc1O. The van der Waals surface area contributed by atoms with Crippen LogP contribution in [0.5, 0.6) is 11.5 Å². The van der Waals surface area contributed by atoms with Crippen LogP contribution in [0.3, 0.4) is 0 Å². The standard InChI is InChI=1S/C20H33IO2/c1-6-19(2,3)11-7-9-15-13-16(18(23)14-17(15)22)10-8-12-20(4,5)21/h13-14,22-23H,6-12H2,1-5H3. The van der Waals surface area contributed by atoms with Crippen molar-refractivity contribution in [1.82, 2.24) is 0 Å². The number of aromatic hydroxyl groups is 2. The second-order valence-corrected chi connectivity index (χ2v) is 11.0. The molecule has 0 unspecified atom stereocenters. The number of benzene rings is 1. The van der Waals surface area contributed by atoms with E-state index in [2.05, 4.69) is 57.2 Å². The molecular formula is C20H33IO2. The highest BCUT2D eigenvalue weighted by Gasteiger charge is 2.16. The Hall–Kier alpha value is -0.450. The van der Waals surface area contributed by atoms with E-state index < -0.39 is 0 Å². The first kappa shape index (κ1) is 20.6. The van der Waals surface area contributed by atoms with Gasteiger partial charge in [-0.05, 0) is 61.1 Å². The van der Waals surface area contributed by atoms with E-state index in [0.717, 1.165) is 49.7 Å². The summed E-state index contributed by atoms with van der Waals surface area (Å²) >= 11 is 2.47. The van der Waals surface area contributed by atoms with Crippen LogP contribution in [-0.2, 0) is 12.8 Å². The van der Waals surface area contributed by atoms with Crippen LogP contribution in [-0.4, -0.2) is 13.6 Å². The minimum atomic E-state index is 0.228. The molecule has 0 aliphatic rings. The highest BCUT2D eigenvalue weighted by molar-refractivity contribution is 14.1. The van der Waals surface area contributed by atoms with E-state index >= 15 is 0 Å². The van der Waals surface area contributed by atoms with Gasteiger partial charge in [-0.3, -0.25) is 0 Å². The van der Waals surface area contributed by atoms with E-state index in [0.29, 0.717) is 8.84 Å². The predicted octanol–water partition coefficient (Wildman–Crippen LogP) is 6.39. The number of hydrogen-bond acceptors (Lipinski definition) is 2. The third kappa shape index (κ3) is 7.77. The van der Waals surface area contributed by atoms with Gasteiger partial charge in [0.05, 0.1) is 0 Å². The molecule has 0 amide bonds. The molecular weight excluding hydrogens is 399 g/mol. The zero-order valence-electron chi connectivity index (χ0n) is 15.4. The van der Waals surface area contributed by atoms with Gasteiger partial charge in [-0.25, -0.2) is 0 Å². The fourth-order valence-corrected chi connectivity index (χ4v) is 3.09. The number of halogens is 1. The molecule has 0 aliphatic carbocycles. The van der Waals surface area contributed by atoms with Crippen LogP contribution >= 0.6 is 22.6 Å². The van der Waals surface area contributed by atoms with Gasteiger partial charge in [-0.1, -0.05) is 63.6 Å². The maximum Gasteiger partial charge on any atom is 0.122 e. The lowest BCUT2D eigenvalue weighted by Gasteiger charge is -2.22. The lowest BCUT2D eigenvalue weighted by Crippen LogP contribution is -2.09. The Bertz CT molecular complexity index is 501. The predicted molar refractivity (Wildman–Crippen MR) is 108 cm³/mol. The molecule has 0 fully saturated rings. The summed E-state index contributed by atoms with van der Waals surface area (Å²) in [4.78, 5) is 0. The molecule has 2 nitrogen and oxygen atoms in total. The summed E-state index contributed by atoms with van der Waals surface area (Å²) in [6.45, 7) is 11.3. The van der Waals surface area contributed by atoms with Gasteiger partial charge < -0.3 is 10.2 Å². The van der Waals surface area contributed by atoms with E-state index in [4.69, 9.17) is 0 Å². The highest BCUT2D eigenvalue weighted by atomic mass is 127. The summed E-state index contributed by atoms with van der Waals surface area (Å²) in [6.07, 6.45) is 7.31. The lowest BCUT2D eigenvalue weighted by molar-refractivity contribution is 0.312. The van der Waals surface area contributed by atoms with Crippen LogP contribution in [0.1, 0.15) is 77.8 Å². The number of phenols is 2. The number of phenolic OH excluding ortho intramolecular Hbond substituents is 2. The Labute approximate surface area is 155 Å². The molecule has 23 heavy (non-hydrogen) atoms. The third-order valence-corrected chi connectivity index (χ3v) is 5.29. The summed E-state index contributed by atoms with van der Waals surface area (Å²) in [5, 5.41) is 20.2. The zero-order valence-corrected chi connectivity index (χ0v) is 17.5. The molecule has 0 bridgehead atoms. The Morgan fingerprint density at radius 3 is 1.78 bits per heavy atom. The summed E-state index contributed by atoms with van der Waals surface area (Å²) < 4.78 is 0.291. The van der Waals surface area contributed by atoms with Gasteiger partial charge in [0.15, 0.2) is 0 Å². The molecule has 0 heterocycles. The van der Waals surface area contributed by atoms with Gasteiger partial charge in [-0.2, -0.15) is 0 Å². The van der Waals surface area contributed by atoms with Crippen LogP contribution in [0.25, 0.3) is 0 Å². The average molecular weight is 432 g/mol. The van der Waals surface area contributed by atoms with Gasteiger partial charge in [-0.15, -0.1) is 0 Å². The minimum Gasteiger partial charge on any atom is -0.508 e. The topological polar surface area (TPSA) is 40.5 Å². The number of rotatable bonds is 9. The molecule has 2 N–H and O–H groups in total. The van der Waals surface area contributed by atoms with E-state index in [1.807, 2.05) is 6.07 Å². The van der Waals surface area contributed by atoms with Crippen molar-refractivity contribution in [2.24, 2.45) is 5.41 Å². The van der Waals surface area contributed by atoms with Crippen molar-refractivity contribution in [3.63, 3.8) is 0 Å². The first-order valence-corrected chi connectivity index (χ1v) is 9.84. The molecule has 0 saturated carbocycles. The Balaban J connectivity index is 2.68. The first-order valence-electron chi connectivity index (χ1n) is 8.77. The second-order valence-electron chi connectivity index (χ2n) is 8.05. The van der Waals surface area contributed by atoms with Crippen LogP contribution in [0, 0.1) is 5.41 Å². The molecule has 0 aromatic heterocycles.